The molecule has 0 aliphatic rings. The lowest BCUT2D eigenvalue weighted by atomic mass is 9.95. The lowest BCUT2D eigenvalue weighted by Gasteiger charge is -2.21. The number of aliphatic hydroxyl groups is 1. The number of aliphatic hydroxyl groups excluding tert-OH is 1. The van der Waals surface area contributed by atoms with Crippen LogP contribution in [-0.2, 0) is 6.54 Å². The van der Waals surface area contributed by atoms with Crippen LogP contribution in [0.5, 0.6) is 0 Å². The molecule has 3 heterocycles. The molecule has 27 heavy (non-hydrogen) atoms. The van der Waals surface area contributed by atoms with Crippen LogP contribution in [0, 0.1) is 12.3 Å². The lowest BCUT2D eigenvalue weighted by molar-refractivity contribution is 0.137. The third kappa shape index (κ3) is 3.28. The molecule has 138 valence electrons. The Kier molecular flexibility index (Phi) is 4.15. The van der Waals surface area contributed by atoms with Crippen LogP contribution in [0.1, 0.15) is 19.5 Å². The largest absolute Gasteiger partial charge is 0.396 e. The van der Waals surface area contributed by atoms with Crippen LogP contribution >= 0.6 is 0 Å². The van der Waals surface area contributed by atoms with Gasteiger partial charge in [0.05, 0.1) is 17.8 Å². The van der Waals surface area contributed by atoms with E-state index in [4.69, 9.17) is 4.52 Å². The van der Waals surface area contributed by atoms with E-state index >= 15 is 0 Å². The van der Waals surface area contributed by atoms with Gasteiger partial charge in [-0.1, -0.05) is 24.2 Å². The minimum atomic E-state index is -0.281. The zero-order valence-corrected chi connectivity index (χ0v) is 15.3. The SMILES string of the molecule is Cc1nccnc1-c1nc(-c2ccc3c(c2)nnn3CC(C)(C)CO)no1. The van der Waals surface area contributed by atoms with Crippen molar-refractivity contribution < 1.29 is 9.63 Å². The van der Waals surface area contributed by atoms with Crippen molar-refractivity contribution >= 4 is 11.0 Å². The molecule has 0 bridgehead atoms. The van der Waals surface area contributed by atoms with E-state index in [1.807, 2.05) is 39.0 Å². The molecule has 0 atom stereocenters. The van der Waals surface area contributed by atoms with Crippen molar-refractivity contribution in [1.82, 2.24) is 35.1 Å². The van der Waals surface area contributed by atoms with Crippen LogP contribution in [0.25, 0.3) is 34.0 Å². The number of benzene rings is 1. The third-order valence-corrected chi connectivity index (χ3v) is 4.29. The van der Waals surface area contributed by atoms with Gasteiger partial charge in [-0.25, -0.2) is 9.67 Å². The van der Waals surface area contributed by atoms with Gasteiger partial charge in [-0.2, -0.15) is 4.98 Å². The predicted molar refractivity (Wildman–Crippen MR) is 97.4 cm³/mol. The summed E-state index contributed by atoms with van der Waals surface area (Å²) in [7, 11) is 0. The standard InChI is InChI=1S/C18H19N7O2/c1-11-15(20-7-6-19-11)17-21-16(23-27-17)12-4-5-14-13(8-12)22-24-25(14)9-18(2,3)10-26/h4-8,26H,9-10H2,1-3H3. The van der Waals surface area contributed by atoms with Crippen molar-refractivity contribution in [2.45, 2.75) is 27.3 Å². The second-order valence-corrected chi connectivity index (χ2v) is 7.19. The highest BCUT2D eigenvalue weighted by Gasteiger charge is 2.20. The van der Waals surface area contributed by atoms with Crippen molar-refractivity contribution in [3.63, 3.8) is 0 Å². The average molecular weight is 365 g/mol. The van der Waals surface area contributed by atoms with Crippen molar-refractivity contribution in [2.24, 2.45) is 5.41 Å². The molecule has 9 nitrogen and oxygen atoms in total. The number of hydrogen-bond donors (Lipinski definition) is 1. The second-order valence-electron chi connectivity index (χ2n) is 7.19. The van der Waals surface area contributed by atoms with Crippen LogP contribution in [0.3, 0.4) is 0 Å². The fourth-order valence-electron chi connectivity index (χ4n) is 2.74. The molecule has 4 aromatic rings. The molecule has 0 aliphatic carbocycles. The van der Waals surface area contributed by atoms with Gasteiger partial charge in [-0.15, -0.1) is 5.10 Å². The van der Waals surface area contributed by atoms with Gasteiger partial charge >= 0.3 is 0 Å². The summed E-state index contributed by atoms with van der Waals surface area (Å²) in [6.45, 7) is 6.43. The van der Waals surface area contributed by atoms with E-state index in [0.717, 1.165) is 22.3 Å². The summed E-state index contributed by atoms with van der Waals surface area (Å²) in [4.78, 5) is 12.9. The highest BCUT2D eigenvalue weighted by atomic mass is 16.5. The minimum absolute atomic E-state index is 0.0693. The van der Waals surface area contributed by atoms with Gasteiger partial charge in [0.2, 0.25) is 5.82 Å². The van der Waals surface area contributed by atoms with Crippen LogP contribution < -0.4 is 0 Å². The molecule has 0 aliphatic heterocycles. The van der Waals surface area contributed by atoms with E-state index < -0.39 is 0 Å². The van der Waals surface area contributed by atoms with E-state index in [1.54, 1.807) is 17.1 Å². The van der Waals surface area contributed by atoms with Gasteiger partial charge in [-0.05, 0) is 25.1 Å². The lowest BCUT2D eigenvalue weighted by Crippen LogP contribution is -2.24. The Labute approximate surface area is 155 Å². The first-order valence-corrected chi connectivity index (χ1v) is 8.53. The molecule has 9 heteroatoms. The summed E-state index contributed by atoms with van der Waals surface area (Å²) < 4.78 is 7.14. The molecule has 0 unspecified atom stereocenters. The van der Waals surface area contributed by atoms with Gasteiger partial charge in [0.15, 0.2) is 0 Å². The number of aryl methyl sites for hydroxylation is 1. The summed E-state index contributed by atoms with van der Waals surface area (Å²) in [6.07, 6.45) is 3.20. The fraction of sp³-hybridized carbons (Fsp3) is 0.333. The Morgan fingerprint density at radius 3 is 2.78 bits per heavy atom. The first kappa shape index (κ1) is 17.2. The van der Waals surface area contributed by atoms with E-state index in [1.165, 1.54) is 0 Å². The monoisotopic (exact) mass is 365 g/mol. The molecule has 0 saturated heterocycles. The summed E-state index contributed by atoms with van der Waals surface area (Å²) in [5, 5.41) is 21.9. The molecular formula is C18H19N7O2. The Balaban J connectivity index is 1.67. The first-order chi connectivity index (χ1) is 13.0. The van der Waals surface area contributed by atoms with Gasteiger partial charge in [0.25, 0.3) is 5.89 Å². The summed E-state index contributed by atoms with van der Waals surface area (Å²) >= 11 is 0. The minimum Gasteiger partial charge on any atom is -0.396 e. The Bertz CT molecular complexity index is 1100. The number of aromatic nitrogens is 7. The maximum atomic E-state index is 9.48. The molecule has 0 spiro atoms. The smallest absolute Gasteiger partial charge is 0.278 e. The van der Waals surface area contributed by atoms with E-state index in [-0.39, 0.29) is 12.0 Å². The molecule has 0 amide bonds. The van der Waals surface area contributed by atoms with Crippen molar-refractivity contribution in [3.8, 4) is 23.0 Å². The second kappa shape index (κ2) is 6.51. The Morgan fingerprint density at radius 2 is 2.00 bits per heavy atom. The molecular weight excluding hydrogens is 346 g/mol. The van der Waals surface area contributed by atoms with E-state index in [2.05, 4.69) is 30.4 Å². The quantitative estimate of drug-likeness (QED) is 0.572. The topological polar surface area (TPSA) is 116 Å². The molecule has 0 radical (unpaired) electrons. The maximum absolute atomic E-state index is 9.48. The van der Waals surface area contributed by atoms with Gasteiger partial charge in [0, 0.05) is 30.0 Å². The number of fused-ring (bicyclic) bond motifs is 1. The number of nitrogens with zero attached hydrogens (tertiary/aromatic N) is 7. The van der Waals surface area contributed by atoms with Crippen molar-refractivity contribution in [1.29, 1.82) is 0 Å². The normalized spacial score (nSPS) is 12.0. The highest BCUT2D eigenvalue weighted by Crippen LogP contribution is 2.26. The van der Waals surface area contributed by atoms with Gasteiger partial charge < -0.3 is 9.63 Å². The predicted octanol–water partition coefficient (Wildman–Crippen LogP) is 2.27. The highest BCUT2D eigenvalue weighted by molar-refractivity contribution is 5.80. The maximum Gasteiger partial charge on any atom is 0.278 e. The van der Waals surface area contributed by atoms with E-state index in [9.17, 15) is 5.11 Å². The molecule has 0 fully saturated rings. The third-order valence-electron chi connectivity index (χ3n) is 4.29. The zero-order valence-electron chi connectivity index (χ0n) is 15.3. The first-order valence-electron chi connectivity index (χ1n) is 8.53. The molecule has 1 N–H and O–H groups in total. The number of rotatable bonds is 5. The summed E-state index contributed by atoms with van der Waals surface area (Å²) in [6, 6.07) is 5.68. The van der Waals surface area contributed by atoms with Crippen LogP contribution in [0.4, 0.5) is 0 Å². The Morgan fingerprint density at radius 1 is 1.19 bits per heavy atom. The molecule has 1 aromatic carbocycles. The summed E-state index contributed by atoms with van der Waals surface area (Å²) in [5.41, 5.74) is 3.38. The molecule has 4 rings (SSSR count). The van der Waals surface area contributed by atoms with Crippen LogP contribution in [-0.4, -0.2) is 46.8 Å². The number of hydrogen-bond acceptors (Lipinski definition) is 8. The Hall–Kier alpha value is -3.20. The van der Waals surface area contributed by atoms with Crippen molar-refractivity contribution in [2.75, 3.05) is 6.61 Å². The van der Waals surface area contributed by atoms with Crippen LogP contribution in [0.2, 0.25) is 0 Å². The zero-order chi connectivity index (χ0) is 19.0. The average Bonchev–Trinajstić information content (AvgIpc) is 3.29. The molecule has 0 saturated carbocycles. The fourth-order valence-corrected chi connectivity index (χ4v) is 2.74. The van der Waals surface area contributed by atoms with Crippen LogP contribution in [0.15, 0.2) is 35.1 Å². The van der Waals surface area contributed by atoms with Gasteiger partial charge in [-0.3, -0.25) is 4.98 Å². The summed E-state index contributed by atoms with van der Waals surface area (Å²) in [5.74, 6) is 0.770. The van der Waals surface area contributed by atoms with E-state index in [0.29, 0.717) is 24.0 Å². The van der Waals surface area contributed by atoms with Gasteiger partial charge in [0.1, 0.15) is 11.2 Å². The molecule has 3 aromatic heterocycles. The van der Waals surface area contributed by atoms with Crippen molar-refractivity contribution in [3.05, 3.63) is 36.3 Å².